The highest BCUT2D eigenvalue weighted by Crippen LogP contribution is 2.34. The second-order valence-corrected chi connectivity index (χ2v) is 8.00. The Kier molecular flexibility index (Phi) is 6.80. The van der Waals surface area contributed by atoms with Gasteiger partial charge in [0.15, 0.2) is 0 Å². The van der Waals surface area contributed by atoms with Gasteiger partial charge < -0.3 is 9.15 Å². The highest BCUT2D eigenvalue weighted by Gasteiger charge is 2.37. The van der Waals surface area contributed by atoms with E-state index < -0.39 is 5.25 Å². The second kappa shape index (κ2) is 9.30. The average Bonchev–Trinajstić information content (AvgIpc) is 3.36. The van der Waals surface area contributed by atoms with Gasteiger partial charge in [-0.3, -0.25) is 9.59 Å². The van der Waals surface area contributed by atoms with E-state index in [1.807, 2.05) is 18.2 Å². The summed E-state index contributed by atoms with van der Waals surface area (Å²) >= 11 is 7.21. The molecule has 1 aliphatic heterocycles. The lowest BCUT2D eigenvalue weighted by Gasteiger charge is -2.22. The summed E-state index contributed by atoms with van der Waals surface area (Å²) in [4.78, 5) is 24.6. The van der Waals surface area contributed by atoms with Crippen molar-refractivity contribution in [2.45, 2.75) is 31.6 Å². The molecule has 2 aromatic rings. The largest absolute Gasteiger partial charge is 0.467 e. The second-order valence-electron chi connectivity index (χ2n) is 6.23. The van der Waals surface area contributed by atoms with Gasteiger partial charge in [0.1, 0.15) is 11.8 Å². The Morgan fingerprint density at radius 3 is 2.75 bits per heavy atom. The van der Waals surface area contributed by atoms with E-state index in [1.54, 1.807) is 38.3 Å². The Bertz CT molecular complexity index is 852. The molecule has 28 heavy (non-hydrogen) atoms. The Balaban J connectivity index is 1.78. The molecule has 1 amide bonds. The fraction of sp³-hybridized carbons (Fsp3) is 0.350. The van der Waals surface area contributed by atoms with Crippen LogP contribution in [-0.2, 0) is 14.3 Å². The number of esters is 1. The van der Waals surface area contributed by atoms with E-state index in [2.05, 4.69) is 5.10 Å². The van der Waals surface area contributed by atoms with Gasteiger partial charge in [0.2, 0.25) is 0 Å². The summed E-state index contributed by atoms with van der Waals surface area (Å²) in [5, 5.41) is 6.23. The molecule has 2 heterocycles. The van der Waals surface area contributed by atoms with Crippen molar-refractivity contribution in [1.82, 2.24) is 5.01 Å². The van der Waals surface area contributed by atoms with Gasteiger partial charge in [0.05, 0.1) is 29.6 Å². The minimum absolute atomic E-state index is 0.119. The van der Waals surface area contributed by atoms with Crippen LogP contribution in [0.1, 0.15) is 37.6 Å². The molecule has 148 valence electrons. The maximum Gasteiger partial charge on any atom is 0.315 e. The van der Waals surface area contributed by atoms with Crippen LogP contribution in [0.15, 0.2) is 52.2 Å². The molecule has 6 nitrogen and oxygen atoms in total. The van der Waals surface area contributed by atoms with Crippen molar-refractivity contribution in [3.63, 3.8) is 0 Å². The van der Waals surface area contributed by atoms with E-state index in [-0.39, 0.29) is 23.7 Å². The molecule has 0 aliphatic carbocycles. The number of benzene rings is 1. The summed E-state index contributed by atoms with van der Waals surface area (Å²) in [6.45, 7) is 3.84. The number of halogens is 1. The van der Waals surface area contributed by atoms with Crippen molar-refractivity contribution in [3.8, 4) is 0 Å². The van der Waals surface area contributed by atoms with Crippen LogP contribution in [0.25, 0.3) is 0 Å². The quantitative estimate of drug-likeness (QED) is 0.624. The summed E-state index contributed by atoms with van der Waals surface area (Å²) in [7, 11) is 0. The van der Waals surface area contributed by atoms with Crippen molar-refractivity contribution in [1.29, 1.82) is 0 Å². The highest BCUT2D eigenvalue weighted by atomic mass is 35.5. The van der Waals surface area contributed by atoms with Crippen molar-refractivity contribution in [2.24, 2.45) is 5.10 Å². The lowest BCUT2D eigenvalue weighted by Crippen LogP contribution is -2.33. The average molecular weight is 421 g/mol. The van der Waals surface area contributed by atoms with Crippen LogP contribution in [0, 0.1) is 0 Å². The monoisotopic (exact) mass is 420 g/mol. The van der Waals surface area contributed by atoms with Gasteiger partial charge >= 0.3 is 5.97 Å². The molecule has 8 heteroatoms. The number of rotatable bonds is 7. The molecule has 0 fully saturated rings. The van der Waals surface area contributed by atoms with Crippen LogP contribution in [0.4, 0.5) is 0 Å². The smallest absolute Gasteiger partial charge is 0.315 e. The third kappa shape index (κ3) is 4.77. The van der Waals surface area contributed by atoms with Crippen molar-refractivity contribution < 1.29 is 18.7 Å². The van der Waals surface area contributed by atoms with Crippen molar-refractivity contribution in [2.75, 3.05) is 12.4 Å². The van der Waals surface area contributed by atoms with Gasteiger partial charge in [-0.15, -0.1) is 11.8 Å². The molecule has 0 unspecified atom stereocenters. The Morgan fingerprint density at radius 2 is 2.11 bits per heavy atom. The molecule has 0 bridgehead atoms. The topological polar surface area (TPSA) is 72.1 Å². The number of furan rings is 1. The van der Waals surface area contributed by atoms with Crippen LogP contribution < -0.4 is 0 Å². The summed E-state index contributed by atoms with van der Waals surface area (Å²) in [5.74, 6) is 0.276. The number of hydrogen-bond donors (Lipinski definition) is 0. The lowest BCUT2D eigenvalue weighted by molar-refractivity contribution is -0.139. The number of carbonyl (C=O) groups excluding carboxylic acids is 2. The molecule has 1 aromatic carbocycles. The van der Waals surface area contributed by atoms with Gasteiger partial charge in [0, 0.05) is 11.4 Å². The van der Waals surface area contributed by atoms with Crippen molar-refractivity contribution in [3.05, 3.63) is 59.0 Å². The van der Waals surface area contributed by atoms with E-state index in [4.69, 9.17) is 20.8 Å². The minimum Gasteiger partial charge on any atom is -0.467 e. The van der Waals surface area contributed by atoms with Crippen LogP contribution >= 0.6 is 23.4 Å². The molecule has 2 atom stereocenters. The predicted octanol–water partition coefficient (Wildman–Crippen LogP) is 4.30. The molecule has 0 spiro atoms. The normalized spacial score (nSPS) is 17.3. The molecular formula is C20H21ClN2O4S. The van der Waals surface area contributed by atoms with E-state index in [0.717, 1.165) is 11.3 Å². The number of hydrazone groups is 1. The molecule has 0 saturated heterocycles. The summed E-state index contributed by atoms with van der Waals surface area (Å²) in [6.07, 6.45) is 2.12. The molecule has 1 aromatic heterocycles. The first-order valence-corrected chi connectivity index (χ1v) is 10.4. The molecule has 1 aliphatic rings. The Hall–Kier alpha value is -2.25. The molecule has 0 radical (unpaired) electrons. The zero-order valence-corrected chi connectivity index (χ0v) is 17.2. The first-order valence-electron chi connectivity index (χ1n) is 8.96. The highest BCUT2D eigenvalue weighted by molar-refractivity contribution is 8.01. The predicted molar refractivity (Wildman–Crippen MR) is 109 cm³/mol. The van der Waals surface area contributed by atoms with Crippen LogP contribution in [-0.4, -0.2) is 40.2 Å². The number of ether oxygens (including phenoxy) is 1. The molecular weight excluding hydrogens is 400 g/mol. The van der Waals surface area contributed by atoms with Crippen molar-refractivity contribution >= 4 is 41.0 Å². The maximum absolute atomic E-state index is 13.0. The standard InChI is InChI=1S/C20H21ClN2O4S/c1-3-26-19(24)12-28-13(2)20(25)23-17(18-5-4-10-27-18)11-16(22-23)14-6-8-15(21)9-7-14/h4-10,13,17H,3,11-12H2,1-2H3/t13-,17+/m1/s1. The van der Waals surface area contributed by atoms with Crippen LogP contribution in [0.2, 0.25) is 5.02 Å². The zero-order chi connectivity index (χ0) is 20.1. The minimum atomic E-state index is -0.449. The van der Waals surface area contributed by atoms with Gasteiger partial charge in [-0.1, -0.05) is 23.7 Å². The zero-order valence-electron chi connectivity index (χ0n) is 15.6. The van der Waals surface area contributed by atoms with Gasteiger partial charge in [-0.05, 0) is 43.7 Å². The third-order valence-electron chi connectivity index (χ3n) is 4.29. The molecule has 3 rings (SSSR count). The fourth-order valence-electron chi connectivity index (χ4n) is 2.89. The van der Waals surface area contributed by atoms with Gasteiger partial charge in [-0.25, -0.2) is 5.01 Å². The lowest BCUT2D eigenvalue weighted by atomic mass is 10.0. The first-order chi connectivity index (χ1) is 13.5. The number of thioether (sulfide) groups is 1. The molecule has 0 saturated carbocycles. The maximum atomic E-state index is 13.0. The Morgan fingerprint density at radius 1 is 1.36 bits per heavy atom. The van der Waals surface area contributed by atoms with Crippen LogP contribution in [0.5, 0.6) is 0 Å². The number of amides is 1. The number of hydrogen-bond acceptors (Lipinski definition) is 6. The SMILES string of the molecule is CCOC(=O)CS[C@H](C)C(=O)N1N=C(c2ccc(Cl)cc2)C[C@H]1c1ccco1. The molecule has 0 N–H and O–H groups in total. The Labute approximate surface area is 172 Å². The van der Waals surface area contributed by atoms with E-state index in [0.29, 0.717) is 23.8 Å². The van der Waals surface area contributed by atoms with Gasteiger partial charge in [0.25, 0.3) is 5.91 Å². The number of nitrogens with zero attached hydrogens (tertiary/aromatic N) is 2. The van der Waals surface area contributed by atoms with Gasteiger partial charge in [-0.2, -0.15) is 5.10 Å². The van der Waals surface area contributed by atoms with E-state index in [1.165, 1.54) is 16.8 Å². The fourth-order valence-corrected chi connectivity index (χ4v) is 3.73. The van der Waals surface area contributed by atoms with Crippen LogP contribution in [0.3, 0.4) is 0 Å². The summed E-state index contributed by atoms with van der Waals surface area (Å²) in [6, 6.07) is 10.7. The van der Waals surface area contributed by atoms with E-state index >= 15 is 0 Å². The third-order valence-corrected chi connectivity index (χ3v) is 5.65. The first kappa shape index (κ1) is 20.5. The summed E-state index contributed by atoms with van der Waals surface area (Å²) < 4.78 is 10.5. The van der Waals surface area contributed by atoms with E-state index in [9.17, 15) is 9.59 Å². The number of carbonyl (C=O) groups is 2. The summed E-state index contributed by atoms with van der Waals surface area (Å²) in [5.41, 5.74) is 1.69.